The lowest BCUT2D eigenvalue weighted by Crippen LogP contribution is -2.74. The van der Waals surface area contributed by atoms with Crippen molar-refractivity contribution in [3.63, 3.8) is 0 Å². The molecule has 0 rings (SSSR count). The molecule has 0 aromatic heterocycles. The maximum atomic E-state index is 13.8. The van der Waals surface area contributed by atoms with Gasteiger partial charge in [0.25, 0.3) is 0 Å². The number of likely N-dealkylation sites (N-methyl/N-ethyl adjacent to an activating group) is 2. The summed E-state index contributed by atoms with van der Waals surface area (Å²) in [6, 6.07) is 0. The second kappa shape index (κ2) is 33.6. The molecule has 0 aliphatic rings. The third-order valence-corrected chi connectivity index (χ3v) is 14.2. The molecular weight excluding hydrogens is 1230 g/mol. The van der Waals surface area contributed by atoms with Crippen molar-refractivity contribution < 1.29 is 168 Å². The Bertz CT molecular complexity index is 1790. The lowest BCUT2D eigenvalue weighted by atomic mass is 9.88. The molecule has 12 nitrogen and oxygen atoms in total. The minimum atomic E-state index is -8.27. The number of hydrogen-bond donors (Lipinski definition) is 6. The lowest BCUT2D eigenvalue weighted by Gasteiger charge is -2.42. The Hall–Kier alpha value is -2.23. The van der Waals surface area contributed by atoms with E-state index < -0.39 is 162 Å². The van der Waals surface area contributed by atoms with E-state index in [9.17, 15) is 125 Å². The molecule has 0 saturated heterocycles. The minimum Gasteiger partial charge on any atom is -0.391 e. The van der Waals surface area contributed by atoms with E-state index in [4.69, 9.17) is 20.1 Å². The highest BCUT2D eigenvalue weighted by molar-refractivity contribution is 5.15. The number of nitrogens with zero attached hydrogens (tertiary/aromatic N) is 3. The smallest absolute Gasteiger partial charge is 0.384 e. The number of quaternary nitrogens is 3. The standard InChI is InChI=1S/C19H27F15NO2.C15H27F7NO5.C13H27F3NO2/c1-5-35(6-2,7-3)8-12(36)9-37-10-13(21,22)15(25,26)17(29,30)19(33,34)18(31,32)16(27,28)14(23,24)11(4)20;1-11(16)14(19,20)15(21,22)13(17,18)10-28-9-12(27)8-23(2-5-24,3-6-25)4-7-26;1-5-17(6-2,7-3)8-12(18)9-19-10-13(15,16)11(4)14/h11-12,36H,5-10H2,1-4H3;11-12,24-27H,2-10H2,1H3;11-12,18H,5-10H2,1-4H3/q3*+1. The van der Waals surface area contributed by atoms with Crippen molar-refractivity contribution in [2.45, 2.75) is 164 Å². The first kappa shape index (κ1) is 86.0. The summed E-state index contributed by atoms with van der Waals surface area (Å²) >= 11 is 0. The number of hydrogen-bond acceptors (Lipinski definition) is 9. The number of halogens is 25. The molecule has 6 N–H and O–H groups in total. The molecule has 37 heteroatoms. The largest absolute Gasteiger partial charge is 0.391 e. The second-order valence-electron chi connectivity index (χ2n) is 20.0. The number of ether oxygens (including phenoxy) is 3. The zero-order chi connectivity index (χ0) is 67.4. The third kappa shape index (κ3) is 20.9. The highest BCUT2D eigenvalue weighted by atomic mass is 19.4. The van der Waals surface area contributed by atoms with Gasteiger partial charge in [-0.2, -0.15) is 87.8 Å². The van der Waals surface area contributed by atoms with Gasteiger partial charge in [0.1, 0.15) is 77.4 Å². The Morgan fingerprint density at radius 1 is 0.333 bits per heavy atom. The van der Waals surface area contributed by atoms with E-state index in [-0.39, 0.29) is 55.2 Å². The second-order valence-corrected chi connectivity index (χ2v) is 20.0. The Morgan fingerprint density at radius 3 is 0.833 bits per heavy atom. The van der Waals surface area contributed by atoms with E-state index in [1.54, 1.807) is 20.8 Å². The summed E-state index contributed by atoms with van der Waals surface area (Å²) in [5.41, 5.74) is 0. The molecule has 0 amide bonds. The van der Waals surface area contributed by atoms with E-state index in [1.807, 2.05) is 20.8 Å². The fourth-order valence-electron chi connectivity index (χ4n) is 7.91. The third-order valence-electron chi connectivity index (χ3n) is 14.2. The Labute approximate surface area is 470 Å². The van der Waals surface area contributed by atoms with Crippen molar-refractivity contribution in [2.24, 2.45) is 0 Å². The number of alkyl halides is 25. The first-order chi connectivity index (χ1) is 37.7. The summed E-state index contributed by atoms with van der Waals surface area (Å²) < 4.78 is 348. The molecule has 0 aromatic rings. The highest BCUT2D eigenvalue weighted by Crippen LogP contribution is 2.63. The van der Waals surface area contributed by atoms with Gasteiger partial charge in [-0.25, -0.2) is 22.0 Å². The van der Waals surface area contributed by atoms with E-state index in [0.29, 0.717) is 30.7 Å². The predicted molar refractivity (Wildman–Crippen MR) is 251 cm³/mol. The first-order valence-corrected chi connectivity index (χ1v) is 25.9. The summed E-state index contributed by atoms with van der Waals surface area (Å²) in [6.45, 7) is 5.31. The Kier molecular flexibility index (Phi) is 34.3. The van der Waals surface area contributed by atoms with E-state index in [2.05, 4.69) is 9.47 Å². The molecule has 0 aliphatic carbocycles. The predicted octanol–water partition coefficient (Wildman–Crippen LogP) is 8.70. The van der Waals surface area contributed by atoms with Crippen molar-refractivity contribution >= 4 is 0 Å². The van der Waals surface area contributed by atoms with Crippen LogP contribution in [0.2, 0.25) is 0 Å². The quantitative estimate of drug-likeness (QED) is 0.0261. The number of rotatable bonds is 41. The Morgan fingerprint density at radius 2 is 0.571 bits per heavy atom. The van der Waals surface area contributed by atoms with Crippen LogP contribution in [0.15, 0.2) is 0 Å². The van der Waals surface area contributed by atoms with Crippen LogP contribution in [0.3, 0.4) is 0 Å². The molecule has 6 unspecified atom stereocenters. The molecule has 0 aliphatic heterocycles. The average molecular weight is 1310 g/mol. The van der Waals surface area contributed by atoms with E-state index in [0.717, 1.165) is 26.6 Å². The summed E-state index contributed by atoms with van der Waals surface area (Å²) in [5, 5.41) is 56.8. The molecule has 0 radical (unpaired) electrons. The number of aliphatic hydroxyl groups is 6. The molecule has 510 valence electrons. The van der Waals surface area contributed by atoms with Gasteiger partial charge in [0.15, 0.2) is 18.5 Å². The van der Waals surface area contributed by atoms with Crippen LogP contribution in [-0.2, 0) is 14.2 Å². The molecule has 0 bridgehead atoms. The summed E-state index contributed by atoms with van der Waals surface area (Å²) in [5.74, 6) is -73.7. The summed E-state index contributed by atoms with van der Waals surface area (Å²) in [6.07, 6.45) is -14.2. The highest BCUT2D eigenvalue weighted by Gasteiger charge is 2.93. The van der Waals surface area contributed by atoms with Gasteiger partial charge in [0.2, 0.25) is 0 Å². The molecule has 84 heavy (non-hydrogen) atoms. The maximum absolute atomic E-state index is 13.8. The molecule has 0 fully saturated rings. The van der Waals surface area contributed by atoms with Gasteiger partial charge in [0, 0.05) is 0 Å². The molecule has 0 heterocycles. The lowest BCUT2D eigenvalue weighted by molar-refractivity contribution is -0.931. The van der Waals surface area contributed by atoms with Crippen molar-refractivity contribution in [3.8, 4) is 0 Å². The van der Waals surface area contributed by atoms with Crippen LogP contribution in [0.5, 0.6) is 0 Å². The average Bonchev–Trinajstić information content (AvgIpc) is 1.65. The summed E-state index contributed by atoms with van der Waals surface area (Å²) in [4.78, 5) is 0. The van der Waals surface area contributed by atoms with Crippen molar-refractivity contribution in [2.75, 3.05) is 138 Å². The van der Waals surface area contributed by atoms with Gasteiger partial charge in [-0.05, 0) is 62.3 Å². The van der Waals surface area contributed by atoms with Gasteiger partial charge < -0.3 is 58.3 Å². The van der Waals surface area contributed by atoms with Crippen LogP contribution in [0.25, 0.3) is 0 Å². The van der Waals surface area contributed by atoms with Gasteiger partial charge in [-0.1, -0.05) is 0 Å². The van der Waals surface area contributed by atoms with Crippen LogP contribution < -0.4 is 0 Å². The van der Waals surface area contributed by atoms with Gasteiger partial charge in [0.05, 0.1) is 78.9 Å². The van der Waals surface area contributed by atoms with Crippen LogP contribution in [-0.4, -0.2) is 284 Å². The van der Waals surface area contributed by atoms with Gasteiger partial charge >= 0.3 is 65.1 Å². The van der Waals surface area contributed by atoms with Crippen LogP contribution in [0.1, 0.15) is 62.3 Å². The van der Waals surface area contributed by atoms with Crippen LogP contribution >= 0.6 is 0 Å². The number of aliphatic hydroxyl groups excluding tert-OH is 6. The fourth-order valence-corrected chi connectivity index (χ4v) is 7.91. The van der Waals surface area contributed by atoms with Crippen molar-refractivity contribution in [1.82, 2.24) is 0 Å². The molecule has 0 aromatic carbocycles. The van der Waals surface area contributed by atoms with Crippen LogP contribution in [0.4, 0.5) is 110 Å². The van der Waals surface area contributed by atoms with E-state index in [1.165, 1.54) is 0 Å². The zero-order valence-corrected chi connectivity index (χ0v) is 47.5. The zero-order valence-electron chi connectivity index (χ0n) is 47.5. The maximum Gasteiger partial charge on any atom is 0.384 e. The fraction of sp³-hybridized carbons (Fsp3) is 1.00. The molecule has 0 saturated carbocycles. The SMILES string of the molecule is CC(F)C(F)(F)C(F)(F)C(F)(F)COCC(O)C[N+](CCO)(CCO)CCO.CC[N+](CC)(CC)CC(O)COCC(F)(F)C(C)F.CC[N+](CC)(CC)CC(O)COCC(F)(F)C(F)(F)C(F)(F)C(F)(F)C(F)(F)C(F)(F)C(F)(F)C(C)F. The molecular formula is C47H81F25N3O9+3. The van der Waals surface area contributed by atoms with Crippen molar-refractivity contribution in [1.29, 1.82) is 0 Å². The summed E-state index contributed by atoms with van der Waals surface area (Å²) in [7, 11) is 0. The molecule has 0 spiro atoms. The van der Waals surface area contributed by atoms with Crippen LogP contribution in [0, 0.1) is 0 Å². The normalized spacial score (nSPS) is 16.7. The monoisotopic (exact) mass is 1310 g/mol. The first-order valence-electron chi connectivity index (χ1n) is 25.9. The van der Waals surface area contributed by atoms with Gasteiger partial charge in [-0.15, -0.1) is 0 Å². The van der Waals surface area contributed by atoms with Gasteiger partial charge in [-0.3, -0.25) is 0 Å². The van der Waals surface area contributed by atoms with Crippen molar-refractivity contribution in [3.05, 3.63) is 0 Å². The van der Waals surface area contributed by atoms with E-state index >= 15 is 0 Å². The Balaban J connectivity index is -0.00000124. The molecule has 6 atom stereocenters. The topological polar surface area (TPSA) is 149 Å². The minimum absolute atomic E-state index is 0.0208.